The molecule has 1 radical (unpaired) electrons. The molecule has 0 aliphatic heterocycles. The van der Waals surface area contributed by atoms with Crippen LogP contribution in [0, 0.1) is 0 Å². The van der Waals surface area contributed by atoms with Crippen LogP contribution in [0.15, 0.2) is 48.5 Å². The summed E-state index contributed by atoms with van der Waals surface area (Å²) in [5.74, 6) is 0. The molecular weight excluding hydrogens is 277 g/mol. The first-order valence-electron chi connectivity index (χ1n) is 6.57. The summed E-state index contributed by atoms with van der Waals surface area (Å²) in [6.07, 6.45) is 5.99. The van der Waals surface area contributed by atoms with Gasteiger partial charge in [0.1, 0.15) is 0 Å². The van der Waals surface area contributed by atoms with Crippen molar-refractivity contribution in [1.82, 2.24) is 9.19 Å². The van der Waals surface area contributed by atoms with E-state index >= 15 is 0 Å². The van der Waals surface area contributed by atoms with Crippen molar-refractivity contribution in [2.45, 2.75) is 0 Å². The summed E-state index contributed by atoms with van der Waals surface area (Å²) in [4.78, 5) is 0. The topological polar surface area (TPSA) is 43.8 Å². The minimum atomic E-state index is -0.473. The second kappa shape index (κ2) is 5.70. The van der Waals surface area contributed by atoms with Gasteiger partial charge in [0.2, 0.25) is 0 Å². The first-order chi connectivity index (χ1) is 10.1. The van der Waals surface area contributed by atoms with E-state index in [1.807, 2.05) is 58.9 Å². The van der Waals surface area contributed by atoms with Crippen molar-refractivity contribution < 1.29 is 0 Å². The van der Waals surface area contributed by atoms with Gasteiger partial charge in [-0.05, 0) is 0 Å². The molecule has 1 heterocycles. The molecule has 5 heteroatoms. The average Bonchev–Trinajstić information content (AvgIpc) is 2.84. The molecule has 0 spiro atoms. The second-order valence-electron chi connectivity index (χ2n) is 4.80. The number of nitrogen functional groups attached to an aromatic ring is 1. The van der Waals surface area contributed by atoms with E-state index < -0.39 is 10.5 Å². The molecule has 0 fully saturated rings. The number of benzene rings is 2. The van der Waals surface area contributed by atoms with Crippen LogP contribution in [-0.4, -0.2) is 22.2 Å². The van der Waals surface area contributed by atoms with Gasteiger partial charge in [0.15, 0.2) is 0 Å². The van der Waals surface area contributed by atoms with Crippen molar-refractivity contribution in [2.75, 3.05) is 12.0 Å². The summed E-state index contributed by atoms with van der Waals surface area (Å²) in [7, 11) is -0.473. The minimum absolute atomic E-state index is 0.473. The summed E-state index contributed by atoms with van der Waals surface area (Å²) >= 11 is 0. The van der Waals surface area contributed by atoms with Crippen molar-refractivity contribution in [2.24, 2.45) is 0 Å². The van der Waals surface area contributed by atoms with Gasteiger partial charge in [0, 0.05) is 0 Å². The Morgan fingerprint density at radius 3 is 2.62 bits per heavy atom. The zero-order valence-corrected chi connectivity index (χ0v) is 12.5. The molecule has 0 bridgehead atoms. The van der Waals surface area contributed by atoms with Gasteiger partial charge in [0.25, 0.3) is 0 Å². The zero-order chi connectivity index (χ0) is 14.8. The van der Waals surface area contributed by atoms with Gasteiger partial charge in [-0.25, -0.2) is 0 Å². The summed E-state index contributed by atoms with van der Waals surface area (Å²) in [6.45, 7) is 6.01. The van der Waals surface area contributed by atoms with Crippen molar-refractivity contribution in [3.8, 4) is 0 Å². The Morgan fingerprint density at radius 2 is 1.90 bits per heavy atom. The Hall–Kier alpha value is -2.14. The first kappa shape index (κ1) is 13.8. The molecule has 1 atom stereocenters. The van der Waals surface area contributed by atoms with E-state index in [4.69, 9.17) is 12.5 Å². The van der Waals surface area contributed by atoms with Gasteiger partial charge in [0.05, 0.1) is 0 Å². The number of aromatic nitrogens is 2. The Bertz CT molecular complexity index is 837. The molecule has 3 aromatic rings. The molecule has 103 valence electrons. The number of nitrogens with zero attached hydrogens (tertiary/aromatic N) is 2. The standard InChI is InChI=1S/C16H15BN3S/c1-21(17)20-16-11-13(18)8-9-14(16)15(19-20)10-7-12-5-3-2-4-6-12/h2-11H,18H2,1H3/b10-7+. The number of fused-ring (bicyclic) bond motifs is 1. The SMILES string of the molecule is [B]=S(C)n1nc(/C=C/c2ccccc2)c2ccc(N)cc21. The number of nitrogens with two attached hydrogens (primary N) is 1. The Kier molecular flexibility index (Phi) is 3.75. The van der Waals surface area contributed by atoms with Crippen molar-refractivity contribution >= 4 is 46.0 Å². The van der Waals surface area contributed by atoms with Gasteiger partial charge >= 0.3 is 127 Å². The maximum atomic E-state index is 6.01. The average molecular weight is 292 g/mol. The van der Waals surface area contributed by atoms with Crippen LogP contribution in [0.1, 0.15) is 11.3 Å². The quantitative estimate of drug-likeness (QED) is 0.593. The van der Waals surface area contributed by atoms with Crippen molar-refractivity contribution in [1.29, 1.82) is 0 Å². The summed E-state index contributed by atoms with van der Waals surface area (Å²) < 4.78 is 1.83. The van der Waals surface area contributed by atoms with E-state index in [-0.39, 0.29) is 0 Å². The van der Waals surface area contributed by atoms with Crippen LogP contribution < -0.4 is 5.73 Å². The predicted molar refractivity (Wildman–Crippen MR) is 94.2 cm³/mol. The fourth-order valence-corrected chi connectivity index (χ4v) is 2.89. The molecule has 3 nitrogen and oxygen atoms in total. The number of rotatable bonds is 3. The normalized spacial score (nSPS) is 13.0. The first-order valence-corrected chi connectivity index (χ1v) is 8.22. The molecule has 1 aromatic heterocycles. The van der Waals surface area contributed by atoms with Crippen LogP contribution >= 0.6 is 10.5 Å². The van der Waals surface area contributed by atoms with E-state index in [2.05, 4.69) is 17.2 Å². The van der Waals surface area contributed by atoms with Crippen molar-refractivity contribution in [3.63, 3.8) is 0 Å². The van der Waals surface area contributed by atoms with E-state index in [9.17, 15) is 0 Å². The van der Waals surface area contributed by atoms with Crippen LogP contribution in [0.2, 0.25) is 0 Å². The molecule has 0 aliphatic rings. The molecule has 2 aromatic carbocycles. The maximum absolute atomic E-state index is 6.01. The zero-order valence-electron chi connectivity index (χ0n) is 11.7. The van der Waals surface area contributed by atoms with E-state index in [0.717, 1.165) is 22.2 Å². The fraction of sp³-hybridized carbons (Fsp3) is 0.0625. The summed E-state index contributed by atoms with van der Waals surface area (Å²) in [6, 6.07) is 15.9. The van der Waals surface area contributed by atoms with E-state index in [1.165, 1.54) is 0 Å². The monoisotopic (exact) mass is 292 g/mol. The molecule has 2 N–H and O–H groups in total. The summed E-state index contributed by atoms with van der Waals surface area (Å²) in [5.41, 5.74) is 9.59. The van der Waals surface area contributed by atoms with Crippen LogP contribution in [0.5, 0.6) is 0 Å². The molecule has 0 amide bonds. The van der Waals surface area contributed by atoms with Gasteiger partial charge in [-0.15, -0.1) is 0 Å². The predicted octanol–water partition coefficient (Wildman–Crippen LogP) is 3.53. The van der Waals surface area contributed by atoms with Crippen LogP contribution in [0.4, 0.5) is 5.69 Å². The third-order valence-electron chi connectivity index (χ3n) is 3.21. The van der Waals surface area contributed by atoms with Crippen LogP contribution in [0.25, 0.3) is 23.1 Å². The molecule has 0 aliphatic carbocycles. The molecule has 3 rings (SSSR count). The second-order valence-corrected chi connectivity index (χ2v) is 6.20. The third kappa shape index (κ3) is 2.83. The molecule has 1 unspecified atom stereocenters. The van der Waals surface area contributed by atoms with Crippen molar-refractivity contribution in [3.05, 3.63) is 59.8 Å². The Balaban J connectivity index is 2.11. The van der Waals surface area contributed by atoms with Crippen LogP contribution in [-0.2, 0) is 0 Å². The Morgan fingerprint density at radius 1 is 1.14 bits per heavy atom. The molecule has 0 saturated heterocycles. The number of anilines is 1. The van der Waals surface area contributed by atoms with Crippen LogP contribution in [0.3, 0.4) is 0 Å². The molecular formula is C16H15BN3S. The van der Waals surface area contributed by atoms with Gasteiger partial charge < -0.3 is 0 Å². The van der Waals surface area contributed by atoms with E-state index in [1.54, 1.807) is 0 Å². The Labute approximate surface area is 127 Å². The number of hydrogen-bond acceptors (Lipinski definition) is 2. The summed E-state index contributed by atoms with van der Waals surface area (Å²) in [5, 5.41) is 5.66. The molecule has 0 saturated carbocycles. The van der Waals surface area contributed by atoms with E-state index in [0.29, 0.717) is 5.69 Å². The molecule has 21 heavy (non-hydrogen) atoms. The fourth-order valence-electron chi connectivity index (χ4n) is 2.21. The van der Waals surface area contributed by atoms with Gasteiger partial charge in [-0.3, -0.25) is 0 Å². The third-order valence-corrected chi connectivity index (χ3v) is 4.03. The van der Waals surface area contributed by atoms with Gasteiger partial charge in [-0.2, -0.15) is 0 Å². The van der Waals surface area contributed by atoms with Gasteiger partial charge in [-0.1, -0.05) is 0 Å². The number of hydrogen-bond donors (Lipinski definition) is 1.